The number of piperazine rings is 1. The van der Waals surface area contributed by atoms with E-state index in [1.165, 1.54) is 0 Å². The average Bonchev–Trinajstić information content (AvgIpc) is 2.29. The van der Waals surface area contributed by atoms with Gasteiger partial charge < -0.3 is 15.2 Å². The first-order valence-corrected chi connectivity index (χ1v) is 6.38. The minimum Gasteiger partial charge on any atom is -0.394 e. The number of nitrogens with one attached hydrogen (secondary N) is 1. The number of rotatable bonds is 2. The second-order valence-electron chi connectivity index (χ2n) is 5.29. The standard InChI is InChI=1S/C12H24N2O2/c1-10-7-12(9-15,8-11(2)16-10)14-5-3-13-4-6-14/h10-11,13,15H,3-9H2,1-2H3. The third-order valence-corrected chi connectivity index (χ3v) is 3.88. The molecule has 2 saturated heterocycles. The first-order valence-electron chi connectivity index (χ1n) is 6.38. The molecule has 2 N–H and O–H groups in total. The lowest BCUT2D eigenvalue weighted by Gasteiger charge is -2.50. The number of hydrogen-bond donors (Lipinski definition) is 2. The van der Waals surface area contributed by atoms with Gasteiger partial charge in [0.25, 0.3) is 0 Å². The van der Waals surface area contributed by atoms with Gasteiger partial charge in [0, 0.05) is 31.7 Å². The van der Waals surface area contributed by atoms with Crippen molar-refractivity contribution in [2.45, 2.75) is 44.4 Å². The van der Waals surface area contributed by atoms with E-state index in [-0.39, 0.29) is 24.4 Å². The lowest BCUT2D eigenvalue weighted by molar-refractivity contribution is -0.123. The molecule has 0 aromatic rings. The Hall–Kier alpha value is -0.160. The molecular weight excluding hydrogens is 204 g/mol. The Kier molecular flexibility index (Phi) is 3.85. The maximum absolute atomic E-state index is 9.81. The lowest BCUT2D eigenvalue weighted by atomic mass is 9.82. The monoisotopic (exact) mass is 228 g/mol. The maximum Gasteiger partial charge on any atom is 0.0617 e. The molecule has 2 aliphatic rings. The van der Waals surface area contributed by atoms with Gasteiger partial charge in [-0.15, -0.1) is 0 Å². The van der Waals surface area contributed by atoms with Gasteiger partial charge in [0.1, 0.15) is 0 Å². The fourth-order valence-electron chi connectivity index (χ4n) is 3.27. The van der Waals surface area contributed by atoms with Gasteiger partial charge in [0.05, 0.1) is 18.8 Å². The van der Waals surface area contributed by atoms with Gasteiger partial charge in [0.15, 0.2) is 0 Å². The summed E-state index contributed by atoms with van der Waals surface area (Å²) in [6.45, 7) is 8.63. The quantitative estimate of drug-likeness (QED) is 0.709. The molecule has 0 spiro atoms. The second-order valence-corrected chi connectivity index (χ2v) is 5.29. The van der Waals surface area contributed by atoms with Crippen LogP contribution in [0, 0.1) is 0 Å². The number of ether oxygens (including phenoxy) is 1. The Balaban J connectivity index is 2.09. The molecule has 2 atom stereocenters. The van der Waals surface area contributed by atoms with Crippen molar-refractivity contribution in [1.82, 2.24) is 10.2 Å². The molecule has 0 aromatic carbocycles. The van der Waals surface area contributed by atoms with E-state index in [4.69, 9.17) is 4.74 Å². The highest BCUT2D eigenvalue weighted by Gasteiger charge is 2.42. The summed E-state index contributed by atoms with van der Waals surface area (Å²) in [7, 11) is 0. The molecule has 0 amide bonds. The Morgan fingerprint density at radius 1 is 1.25 bits per heavy atom. The highest BCUT2D eigenvalue weighted by molar-refractivity contribution is 4.97. The molecule has 4 nitrogen and oxygen atoms in total. The number of hydrogen-bond acceptors (Lipinski definition) is 4. The summed E-state index contributed by atoms with van der Waals surface area (Å²) < 4.78 is 5.78. The van der Waals surface area contributed by atoms with Gasteiger partial charge in [0.2, 0.25) is 0 Å². The predicted octanol–water partition coefficient (Wildman–Crippen LogP) is 0.210. The maximum atomic E-state index is 9.81. The molecule has 4 heteroatoms. The van der Waals surface area contributed by atoms with Crippen molar-refractivity contribution in [3.05, 3.63) is 0 Å². The van der Waals surface area contributed by atoms with Crippen molar-refractivity contribution >= 4 is 0 Å². The number of aliphatic hydroxyl groups is 1. The zero-order valence-electron chi connectivity index (χ0n) is 10.4. The summed E-state index contributed by atoms with van der Waals surface area (Å²) in [5.74, 6) is 0. The van der Waals surface area contributed by atoms with E-state index >= 15 is 0 Å². The van der Waals surface area contributed by atoms with Crippen LogP contribution in [0.4, 0.5) is 0 Å². The minimum absolute atomic E-state index is 0.0425. The summed E-state index contributed by atoms with van der Waals surface area (Å²) in [4.78, 5) is 2.46. The van der Waals surface area contributed by atoms with Gasteiger partial charge in [-0.2, -0.15) is 0 Å². The van der Waals surface area contributed by atoms with Gasteiger partial charge in [-0.3, -0.25) is 4.90 Å². The van der Waals surface area contributed by atoms with Gasteiger partial charge in [-0.1, -0.05) is 0 Å². The van der Waals surface area contributed by atoms with Crippen LogP contribution in [-0.2, 0) is 4.74 Å². The normalized spacial score (nSPS) is 42.2. The summed E-state index contributed by atoms with van der Waals surface area (Å²) >= 11 is 0. The fraction of sp³-hybridized carbons (Fsp3) is 1.00. The van der Waals surface area contributed by atoms with Crippen LogP contribution in [0.5, 0.6) is 0 Å². The van der Waals surface area contributed by atoms with E-state index in [9.17, 15) is 5.11 Å². The van der Waals surface area contributed by atoms with Crippen LogP contribution < -0.4 is 5.32 Å². The molecule has 0 aromatic heterocycles. The highest BCUT2D eigenvalue weighted by atomic mass is 16.5. The van der Waals surface area contributed by atoms with Crippen LogP contribution in [0.1, 0.15) is 26.7 Å². The molecule has 0 radical (unpaired) electrons. The van der Waals surface area contributed by atoms with E-state index in [0.717, 1.165) is 39.0 Å². The van der Waals surface area contributed by atoms with E-state index in [2.05, 4.69) is 24.1 Å². The summed E-state index contributed by atoms with van der Waals surface area (Å²) in [6, 6.07) is 0. The largest absolute Gasteiger partial charge is 0.394 e. The molecule has 2 rings (SSSR count). The third-order valence-electron chi connectivity index (χ3n) is 3.88. The zero-order chi connectivity index (χ0) is 11.6. The SMILES string of the molecule is CC1CC(CO)(N2CCNCC2)CC(C)O1. The molecule has 0 bridgehead atoms. The third kappa shape index (κ3) is 2.40. The molecule has 0 aliphatic carbocycles. The number of aliphatic hydroxyl groups excluding tert-OH is 1. The topological polar surface area (TPSA) is 44.7 Å². The van der Waals surface area contributed by atoms with Crippen molar-refractivity contribution in [3.8, 4) is 0 Å². The van der Waals surface area contributed by atoms with Crippen molar-refractivity contribution in [2.75, 3.05) is 32.8 Å². The van der Waals surface area contributed by atoms with Crippen molar-refractivity contribution in [1.29, 1.82) is 0 Å². The molecule has 2 unspecified atom stereocenters. The van der Waals surface area contributed by atoms with Gasteiger partial charge >= 0.3 is 0 Å². The Morgan fingerprint density at radius 3 is 2.31 bits per heavy atom. The first kappa shape index (κ1) is 12.3. The van der Waals surface area contributed by atoms with Crippen LogP contribution in [-0.4, -0.2) is 60.5 Å². The van der Waals surface area contributed by atoms with E-state index in [0.29, 0.717) is 0 Å². The zero-order valence-corrected chi connectivity index (χ0v) is 10.4. The number of nitrogens with zero attached hydrogens (tertiary/aromatic N) is 1. The van der Waals surface area contributed by atoms with Crippen LogP contribution in [0.2, 0.25) is 0 Å². The summed E-state index contributed by atoms with van der Waals surface area (Å²) in [5.41, 5.74) is -0.0425. The van der Waals surface area contributed by atoms with Crippen LogP contribution >= 0.6 is 0 Å². The van der Waals surface area contributed by atoms with E-state index in [1.54, 1.807) is 0 Å². The van der Waals surface area contributed by atoms with Crippen LogP contribution in [0.25, 0.3) is 0 Å². The van der Waals surface area contributed by atoms with E-state index in [1.807, 2.05) is 0 Å². The lowest BCUT2D eigenvalue weighted by Crippen LogP contribution is -2.62. The van der Waals surface area contributed by atoms with Gasteiger partial charge in [-0.25, -0.2) is 0 Å². The predicted molar refractivity (Wildman–Crippen MR) is 63.5 cm³/mol. The van der Waals surface area contributed by atoms with Crippen molar-refractivity contribution in [3.63, 3.8) is 0 Å². The Labute approximate surface area is 98.0 Å². The van der Waals surface area contributed by atoms with Gasteiger partial charge in [-0.05, 0) is 26.7 Å². The first-order chi connectivity index (χ1) is 7.66. The molecule has 94 valence electrons. The summed E-state index contributed by atoms with van der Waals surface area (Å²) in [5, 5.41) is 13.2. The highest BCUT2D eigenvalue weighted by Crippen LogP contribution is 2.33. The molecule has 2 heterocycles. The molecule has 2 aliphatic heterocycles. The van der Waals surface area contributed by atoms with E-state index < -0.39 is 0 Å². The molecule has 0 saturated carbocycles. The van der Waals surface area contributed by atoms with Crippen LogP contribution in [0.15, 0.2) is 0 Å². The molecular formula is C12H24N2O2. The van der Waals surface area contributed by atoms with Crippen molar-refractivity contribution < 1.29 is 9.84 Å². The van der Waals surface area contributed by atoms with Crippen molar-refractivity contribution in [2.24, 2.45) is 0 Å². The minimum atomic E-state index is -0.0425. The fourth-order valence-corrected chi connectivity index (χ4v) is 3.27. The molecule has 16 heavy (non-hydrogen) atoms. The van der Waals surface area contributed by atoms with Crippen LogP contribution in [0.3, 0.4) is 0 Å². The second kappa shape index (κ2) is 5.00. The Morgan fingerprint density at radius 2 is 1.81 bits per heavy atom. The smallest absolute Gasteiger partial charge is 0.0617 e. The Bertz CT molecular complexity index is 219. The average molecular weight is 228 g/mol. The summed E-state index contributed by atoms with van der Waals surface area (Å²) in [6.07, 6.45) is 2.42. The molecule has 2 fully saturated rings.